The number of fused-ring (bicyclic) bond motifs is 2. The average molecular weight is 399 g/mol. The minimum Gasteiger partial charge on any atom is -0.325 e. The van der Waals surface area contributed by atoms with Gasteiger partial charge >= 0.3 is 0 Å². The van der Waals surface area contributed by atoms with Crippen LogP contribution in [-0.2, 0) is 14.8 Å². The molecule has 0 atom stereocenters. The second-order valence-corrected chi connectivity index (χ2v) is 8.43. The van der Waals surface area contributed by atoms with Crippen LogP contribution >= 0.6 is 0 Å². The Kier molecular flexibility index (Phi) is 4.32. The molecule has 3 heterocycles. The predicted molar refractivity (Wildman–Crippen MR) is 102 cm³/mol. The third kappa shape index (κ3) is 3.21. The fourth-order valence-electron chi connectivity index (χ4n) is 2.92. The zero-order chi connectivity index (χ0) is 19.9. The molecule has 0 bridgehead atoms. The average Bonchev–Trinajstić information content (AvgIpc) is 3.28. The van der Waals surface area contributed by atoms with Crippen LogP contribution in [-0.4, -0.2) is 57.0 Å². The number of carbonyl (C=O) groups is 1. The lowest BCUT2D eigenvalue weighted by molar-refractivity contribution is -0.116. The van der Waals surface area contributed by atoms with Gasteiger partial charge in [-0.1, -0.05) is 0 Å². The Hall–Kier alpha value is -3.31. The molecule has 1 amide bonds. The zero-order valence-electron chi connectivity index (χ0n) is 15.1. The number of benzene rings is 1. The SMILES string of the molecule is Cc1cc(S(=O)(=O)N(C)CC(=O)Nc2ccn3cnnc3c2)c2[nH]ncc2c1. The van der Waals surface area contributed by atoms with E-state index in [1.54, 1.807) is 48.2 Å². The van der Waals surface area contributed by atoms with E-state index in [0.29, 0.717) is 22.2 Å². The molecule has 11 heteroatoms. The van der Waals surface area contributed by atoms with Crippen molar-refractivity contribution in [2.75, 3.05) is 18.9 Å². The first-order valence-corrected chi connectivity index (χ1v) is 9.78. The number of hydrogen-bond donors (Lipinski definition) is 2. The number of anilines is 1. The van der Waals surface area contributed by atoms with Crippen molar-refractivity contribution in [2.45, 2.75) is 11.8 Å². The van der Waals surface area contributed by atoms with Gasteiger partial charge < -0.3 is 5.32 Å². The first-order chi connectivity index (χ1) is 13.3. The van der Waals surface area contributed by atoms with Gasteiger partial charge in [0, 0.05) is 30.4 Å². The fourth-order valence-corrected chi connectivity index (χ4v) is 4.30. The number of amides is 1. The Morgan fingerprint density at radius 1 is 1.32 bits per heavy atom. The molecular formula is C17H17N7O3S. The standard InChI is InChI=1S/C17H17N7O3S/c1-11-5-12-8-18-22-17(12)14(6-11)28(26,27)23(2)9-16(25)20-13-3-4-24-10-19-21-15(24)7-13/h3-8,10H,9H2,1-2H3,(H,18,22)(H,20,25). The molecule has 28 heavy (non-hydrogen) atoms. The summed E-state index contributed by atoms with van der Waals surface area (Å²) >= 11 is 0. The Balaban J connectivity index is 1.55. The number of aromatic amines is 1. The van der Waals surface area contributed by atoms with E-state index in [0.717, 1.165) is 9.87 Å². The summed E-state index contributed by atoms with van der Waals surface area (Å²) in [6.45, 7) is 1.46. The number of nitrogens with one attached hydrogen (secondary N) is 2. The number of aryl methyl sites for hydroxylation is 1. The van der Waals surface area contributed by atoms with Gasteiger partial charge in [0.25, 0.3) is 0 Å². The second-order valence-electron chi connectivity index (χ2n) is 6.42. The van der Waals surface area contributed by atoms with Crippen molar-refractivity contribution in [3.63, 3.8) is 0 Å². The molecule has 0 aliphatic heterocycles. The van der Waals surface area contributed by atoms with Crippen LogP contribution in [0.1, 0.15) is 5.56 Å². The smallest absolute Gasteiger partial charge is 0.245 e. The maximum Gasteiger partial charge on any atom is 0.245 e. The number of nitrogens with zero attached hydrogens (tertiary/aromatic N) is 5. The van der Waals surface area contributed by atoms with Crippen molar-refractivity contribution in [1.82, 2.24) is 29.1 Å². The van der Waals surface area contributed by atoms with Gasteiger partial charge in [-0.05, 0) is 30.7 Å². The molecule has 0 saturated carbocycles. The van der Waals surface area contributed by atoms with Crippen LogP contribution in [0.2, 0.25) is 0 Å². The van der Waals surface area contributed by atoms with E-state index in [1.807, 2.05) is 6.07 Å². The molecule has 0 saturated heterocycles. The summed E-state index contributed by atoms with van der Waals surface area (Å²) < 4.78 is 28.7. The highest BCUT2D eigenvalue weighted by molar-refractivity contribution is 7.89. The Bertz CT molecular complexity index is 1290. The first-order valence-electron chi connectivity index (χ1n) is 8.34. The molecule has 0 unspecified atom stereocenters. The van der Waals surface area contributed by atoms with E-state index >= 15 is 0 Å². The van der Waals surface area contributed by atoms with Crippen molar-refractivity contribution in [2.24, 2.45) is 0 Å². The van der Waals surface area contributed by atoms with Crippen LogP contribution in [0.5, 0.6) is 0 Å². The van der Waals surface area contributed by atoms with Crippen LogP contribution in [0.4, 0.5) is 5.69 Å². The van der Waals surface area contributed by atoms with E-state index in [-0.39, 0.29) is 11.4 Å². The Morgan fingerprint density at radius 2 is 2.14 bits per heavy atom. The first kappa shape index (κ1) is 18.1. The molecule has 1 aromatic carbocycles. The van der Waals surface area contributed by atoms with Gasteiger partial charge in [-0.25, -0.2) is 8.42 Å². The van der Waals surface area contributed by atoms with Crippen LogP contribution in [0, 0.1) is 6.92 Å². The van der Waals surface area contributed by atoms with E-state index in [4.69, 9.17) is 0 Å². The number of carbonyl (C=O) groups excluding carboxylic acids is 1. The number of H-pyrrole nitrogens is 1. The van der Waals surface area contributed by atoms with Crippen LogP contribution < -0.4 is 5.32 Å². The van der Waals surface area contributed by atoms with Gasteiger partial charge in [0.05, 0.1) is 18.3 Å². The highest BCUT2D eigenvalue weighted by atomic mass is 32.2. The summed E-state index contributed by atoms with van der Waals surface area (Å²) in [5, 5.41) is 17.7. The Morgan fingerprint density at radius 3 is 2.96 bits per heavy atom. The normalized spacial score (nSPS) is 12.1. The zero-order valence-corrected chi connectivity index (χ0v) is 15.9. The van der Waals surface area contributed by atoms with Crippen LogP contribution in [0.15, 0.2) is 47.9 Å². The summed E-state index contributed by atoms with van der Waals surface area (Å²) in [7, 11) is -2.53. The second kappa shape index (κ2) is 6.69. The van der Waals surface area contributed by atoms with E-state index in [2.05, 4.69) is 25.7 Å². The van der Waals surface area contributed by atoms with E-state index in [1.165, 1.54) is 7.05 Å². The summed E-state index contributed by atoms with van der Waals surface area (Å²) in [6, 6.07) is 6.72. The van der Waals surface area contributed by atoms with E-state index in [9.17, 15) is 13.2 Å². The molecule has 144 valence electrons. The summed E-state index contributed by atoms with van der Waals surface area (Å²) in [5.74, 6) is -0.469. The number of pyridine rings is 1. The maximum absolute atomic E-state index is 13.0. The molecule has 0 spiro atoms. The van der Waals surface area contributed by atoms with Gasteiger partial charge in [-0.3, -0.25) is 14.3 Å². The molecule has 10 nitrogen and oxygen atoms in total. The number of aromatic nitrogens is 5. The van der Waals surface area contributed by atoms with E-state index < -0.39 is 15.9 Å². The lowest BCUT2D eigenvalue weighted by Gasteiger charge is -2.17. The number of likely N-dealkylation sites (N-methyl/N-ethyl adjacent to an activating group) is 1. The van der Waals surface area contributed by atoms with Crippen molar-refractivity contribution < 1.29 is 13.2 Å². The van der Waals surface area contributed by atoms with Crippen molar-refractivity contribution in [1.29, 1.82) is 0 Å². The van der Waals surface area contributed by atoms with Crippen molar-refractivity contribution in [3.05, 3.63) is 48.5 Å². The minimum atomic E-state index is -3.90. The highest BCUT2D eigenvalue weighted by Gasteiger charge is 2.26. The molecule has 0 aliphatic carbocycles. The van der Waals surface area contributed by atoms with Gasteiger partial charge in [0.2, 0.25) is 15.9 Å². The number of hydrogen-bond acceptors (Lipinski definition) is 6. The molecule has 4 rings (SSSR count). The van der Waals surface area contributed by atoms with Gasteiger partial charge in [-0.15, -0.1) is 10.2 Å². The molecule has 0 fully saturated rings. The molecule has 3 aromatic heterocycles. The quantitative estimate of drug-likeness (QED) is 0.519. The lowest BCUT2D eigenvalue weighted by Crippen LogP contribution is -2.35. The molecule has 0 aliphatic rings. The molecule has 2 N–H and O–H groups in total. The van der Waals surface area contributed by atoms with Gasteiger partial charge in [0.1, 0.15) is 11.2 Å². The highest BCUT2D eigenvalue weighted by Crippen LogP contribution is 2.25. The summed E-state index contributed by atoms with van der Waals surface area (Å²) in [4.78, 5) is 12.5. The lowest BCUT2D eigenvalue weighted by atomic mass is 10.2. The van der Waals surface area contributed by atoms with Crippen LogP contribution in [0.25, 0.3) is 16.6 Å². The van der Waals surface area contributed by atoms with Crippen LogP contribution in [0.3, 0.4) is 0 Å². The monoisotopic (exact) mass is 399 g/mol. The molecule has 4 aromatic rings. The van der Waals surface area contributed by atoms with Gasteiger partial charge in [0.15, 0.2) is 5.65 Å². The van der Waals surface area contributed by atoms with Gasteiger partial charge in [-0.2, -0.15) is 9.40 Å². The molecule has 0 radical (unpaired) electrons. The Labute approximate surface area is 160 Å². The summed E-state index contributed by atoms with van der Waals surface area (Å²) in [6.07, 6.45) is 4.81. The third-order valence-corrected chi connectivity index (χ3v) is 6.12. The minimum absolute atomic E-state index is 0.0835. The van der Waals surface area contributed by atoms with Crippen molar-refractivity contribution in [3.8, 4) is 0 Å². The topological polar surface area (TPSA) is 125 Å². The largest absolute Gasteiger partial charge is 0.325 e. The number of rotatable bonds is 5. The number of sulfonamides is 1. The fraction of sp³-hybridized carbons (Fsp3) is 0.176. The third-order valence-electron chi connectivity index (χ3n) is 4.30. The molecular weight excluding hydrogens is 382 g/mol. The van der Waals surface area contributed by atoms with Crippen molar-refractivity contribution >= 4 is 38.2 Å². The summed E-state index contributed by atoms with van der Waals surface area (Å²) in [5.41, 5.74) is 2.27. The maximum atomic E-state index is 13.0. The predicted octanol–water partition coefficient (Wildman–Crippen LogP) is 1.17.